The van der Waals surface area contributed by atoms with Crippen molar-refractivity contribution in [1.29, 1.82) is 0 Å². The second-order valence-corrected chi connectivity index (χ2v) is 7.93. The first-order valence-electron chi connectivity index (χ1n) is 9.55. The van der Waals surface area contributed by atoms with Crippen LogP contribution in [0.15, 0.2) is 69.7 Å². The van der Waals surface area contributed by atoms with Crippen LogP contribution in [-0.4, -0.2) is 30.8 Å². The lowest BCUT2D eigenvalue weighted by atomic mass is 10.2. The van der Waals surface area contributed by atoms with Gasteiger partial charge in [-0.25, -0.2) is 19.1 Å². The molecule has 4 aromatic rings. The Morgan fingerprint density at radius 2 is 1.81 bits per heavy atom. The summed E-state index contributed by atoms with van der Waals surface area (Å²) in [5.41, 5.74) is 0.0677. The molecule has 11 heteroatoms. The number of hydrogen-bond donors (Lipinski definition) is 2. The summed E-state index contributed by atoms with van der Waals surface area (Å²) in [6.45, 7) is -0.345. The first kappa shape index (κ1) is 21.8. The second kappa shape index (κ2) is 9.77. The fourth-order valence-corrected chi connectivity index (χ4v) is 3.56. The van der Waals surface area contributed by atoms with Crippen LogP contribution < -0.4 is 21.4 Å². The Bertz CT molecular complexity index is 1300. The number of ether oxygens (including phenoxy) is 1. The molecule has 9 nitrogen and oxygen atoms in total. The van der Waals surface area contributed by atoms with Crippen LogP contribution in [-0.2, 0) is 13.1 Å². The van der Waals surface area contributed by atoms with Crippen molar-refractivity contribution in [1.82, 2.24) is 19.1 Å². The smallest absolute Gasteiger partial charge is 0.355 e. The standard InChI is InChI=1S/C21H18ClN5O4S/c22-15-3-1-14(2-4-15)13-27-18(25-19(29)26(10-11-28)21(27)30)24-16-5-7-17(8-6-16)31-20-23-9-12-32-20/h1-9,12,28H,10-11,13H2,(H,24,25,29). The Kier molecular flexibility index (Phi) is 6.64. The van der Waals surface area contributed by atoms with Crippen LogP contribution in [0.25, 0.3) is 0 Å². The molecule has 2 aromatic heterocycles. The molecule has 2 N–H and O–H groups in total. The zero-order valence-electron chi connectivity index (χ0n) is 16.6. The van der Waals surface area contributed by atoms with Crippen LogP contribution >= 0.6 is 22.9 Å². The molecule has 0 bridgehead atoms. The van der Waals surface area contributed by atoms with E-state index in [-0.39, 0.29) is 25.6 Å². The van der Waals surface area contributed by atoms with E-state index in [1.165, 1.54) is 15.9 Å². The van der Waals surface area contributed by atoms with Gasteiger partial charge in [-0.1, -0.05) is 35.1 Å². The highest BCUT2D eigenvalue weighted by Crippen LogP contribution is 2.25. The molecule has 32 heavy (non-hydrogen) atoms. The van der Waals surface area contributed by atoms with E-state index in [0.29, 0.717) is 21.7 Å². The Balaban J connectivity index is 1.65. The van der Waals surface area contributed by atoms with E-state index >= 15 is 0 Å². The number of hydrogen-bond acceptors (Lipinski definition) is 8. The van der Waals surface area contributed by atoms with E-state index in [0.717, 1.165) is 10.1 Å². The van der Waals surface area contributed by atoms with Crippen molar-refractivity contribution in [3.8, 4) is 10.9 Å². The lowest BCUT2D eigenvalue weighted by Crippen LogP contribution is -2.43. The monoisotopic (exact) mass is 471 g/mol. The van der Waals surface area contributed by atoms with Crippen LogP contribution in [0.3, 0.4) is 0 Å². The number of thiazole rings is 1. The summed E-state index contributed by atoms with van der Waals surface area (Å²) < 4.78 is 7.87. The quantitative estimate of drug-likeness (QED) is 0.406. The van der Waals surface area contributed by atoms with Crippen molar-refractivity contribution in [3.63, 3.8) is 0 Å². The highest BCUT2D eigenvalue weighted by atomic mass is 35.5. The Hall–Kier alpha value is -3.47. The highest BCUT2D eigenvalue weighted by Gasteiger charge is 2.14. The summed E-state index contributed by atoms with van der Waals surface area (Å²) in [4.78, 5) is 33.4. The third-order valence-corrected chi connectivity index (χ3v) is 5.35. The molecule has 0 amide bonds. The maximum absolute atomic E-state index is 13.0. The molecular weight excluding hydrogens is 454 g/mol. The van der Waals surface area contributed by atoms with Gasteiger partial charge in [0.15, 0.2) is 0 Å². The van der Waals surface area contributed by atoms with Crippen LogP contribution in [0.4, 0.5) is 11.6 Å². The van der Waals surface area contributed by atoms with Gasteiger partial charge in [0.25, 0.3) is 5.19 Å². The fourth-order valence-electron chi connectivity index (χ4n) is 2.93. The predicted molar refractivity (Wildman–Crippen MR) is 122 cm³/mol. The Morgan fingerprint density at radius 1 is 1.06 bits per heavy atom. The second-order valence-electron chi connectivity index (χ2n) is 6.64. The van der Waals surface area contributed by atoms with E-state index < -0.39 is 11.4 Å². The number of halogens is 1. The molecule has 0 fully saturated rings. The molecule has 2 aromatic carbocycles. The molecule has 164 valence electrons. The van der Waals surface area contributed by atoms with Gasteiger partial charge >= 0.3 is 11.4 Å². The zero-order chi connectivity index (χ0) is 22.5. The Morgan fingerprint density at radius 3 is 2.47 bits per heavy atom. The minimum Gasteiger partial charge on any atom is -0.431 e. The molecule has 0 spiro atoms. The molecule has 4 rings (SSSR count). The molecule has 0 unspecified atom stereocenters. The van der Waals surface area contributed by atoms with Crippen molar-refractivity contribution in [2.45, 2.75) is 13.1 Å². The van der Waals surface area contributed by atoms with Crippen molar-refractivity contribution < 1.29 is 9.84 Å². The van der Waals surface area contributed by atoms with Gasteiger partial charge in [0, 0.05) is 22.3 Å². The third kappa shape index (κ3) is 5.05. The molecule has 0 aliphatic carbocycles. The number of rotatable bonds is 8. The molecule has 0 atom stereocenters. The van der Waals surface area contributed by atoms with E-state index in [9.17, 15) is 14.7 Å². The van der Waals surface area contributed by atoms with E-state index in [4.69, 9.17) is 16.3 Å². The van der Waals surface area contributed by atoms with Gasteiger partial charge in [0.1, 0.15) is 5.75 Å². The number of aliphatic hydroxyl groups excluding tert-OH is 1. The van der Waals surface area contributed by atoms with Crippen LogP contribution in [0.1, 0.15) is 5.56 Å². The van der Waals surface area contributed by atoms with Crippen molar-refractivity contribution in [2.24, 2.45) is 0 Å². The first-order chi connectivity index (χ1) is 15.5. The van der Waals surface area contributed by atoms with Crippen molar-refractivity contribution in [3.05, 3.63) is 91.7 Å². The predicted octanol–water partition coefficient (Wildman–Crippen LogP) is 3.09. The van der Waals surface area contributed by atoms with Crippen LogP contribution in [0.2, 0.25) is 5.02 Å². The number of benzene rings is 2. The molecule has 0 aliphatic rings. The van der Waals surface area contributed by atoms with E-state index in [2.05, 4.69) is 15.3 Å². The number of aliphatic hydroxyl groups is 1. The zero-order valence-corrected chi connectivity index (χ0v) is 18.2. The van der Waals surface area contributed by atoms with Gasteiger partial charge in [-0.2, -0.15) is 4.98 Å². The first-order valence-corrected chi connectivity index (χ1v) is 10.8. The summed E-state index contributed by atoms with van der Waals surface area (Å²) >= 11 is 7.33. The molecule has 0 radical (unpaired) electrons. The Labute approximate surface area is 191 Å². The third-order valence-electron chi connectivity index (χ3n) is 4.45. The van der Waals surface area contributed by atoms with Crippen LogP contribution in [0.5, 0.6) is 10.9 Å². The normalized spacial score (nSPS) is 10.8. The minimum atomic E-state index is -0.748. The average molecular weight is 472 g/mol. The van der Waals surface area contributed by atoms with Crippen molar-refractivity contribution >= 4 is 34.6 Å². The van der Waals surface area contributed by atoms with E-state index in [1.807, 2.05) is 5.38 Å². The molecule has 0 saturated heterocycles. The summed E-state index contributed by atoms with van der Waals surface area (Å²) in [7, 11) is 0. The minimum absolute atomic E-state index is 0.0812. The lowest BCUT2D eigenvalue weighted by molar-refractivity contribution is 0.268. The average Bonchev–Trinajstić information content (AvgIpc) is 3.30. The SMILES string of the molecule is O=c1nc(Nc2ccc(Oc3nccs3)cc2)n(Cc2ccc(Cl)cc2)c(=O)n1CCO. The number of anilines is 2. The summed E-state index contributed by atoms with van der Waals surface area (Å²) in [5, 5.41) is 15.2. The summed E-state index contributed by atoms with van der Waals surface area (Å²) in [6.07, 6.45) is 1.65. The largest absolute Gasteiger partial charge is 0.431 e. The molecular formula is C21H18ClN5O4S. The maximum Gasteiger partial charge on any atom is 0.355 e. The van der Waals surface area contributed by atoms with Gasteiger partial charge in [-0.3, -0.25) is 4.57 Å². The maximum atomic E-state index is 13.0. The summed E-state index contributed by atoms with van der Waals surface area (Å²) in [6, 6.07) is 13.9. The van der Waals surface area contributed by atoms with Gasteiger partial charge in [0.05, 0.1) is 19.7 Å². The van der Waals surface area contributed by atoms with E-state index in [1.54, 1.807) is 54.7 Å². The lowest BCUT2D eigenvalue weighted by Gasteiger charge is -2.15. The van der Waals surface area contributed by atoms with Crippen molar-refractivity contribution in [2.75, 3.05) is 11.9 Å². The topological polar surface area (TPSA) is 111 Å². The van der Waals surface area contributed by atoms with Gasteiger partial charge in [-0.05, 0) is 42.0 Å². The number of nitrogens with one attached hydrogen (secondary N) is 1. The van der Waals surface area contributed by atoms with Gasteiger partial charge in [0.2, 0.25) is 5.95 Å². The molecule has 0 aliphatic heterocycles. The van der Waals surface area contributed by atoms with Gasteiger partial charge in [-0.15, -0.1) is 0 Å². The highest BCUT2D eigenvalue weighted by molar-refractivity contribution is 7.11. The number of nitrogens with zero attached hydrogens (tertiary/aromatic N) is 4. The fraction of sp³-hybridized carbons (Fsp3) is 0.143. The molecule has 2 heterocycles. The summed E-state index contributed by atoms with van der Waals surface area (Å²) in [5.74, 6) is 0.674. The molecule has 0 saturated carbocycles. The van der Waals surface area contributed by atoms with Gasteiger partial charge < -0.3 is 15.2 Å². The van der Waals surface area contributed by atoms with Crippen LogP contribution in [0, 0.1) is 0 Å². The number of aromatic nitrogens is 4.